The van der Waals surface area contributed by atoms with Gasteiger partial charge in [-0.25, -0.2) is 4.79 Å². The highest BCUT2D eigenvalue weighted by Crippen LogP contribution is 2.18. The maximum Gasteiger partial charge on any atom is 0.320 e. The number of carbonyl (C=O) groups excluding carboxylic acids is 1. The molecule has 4 heteroatoms. The standard InChI is InChI=1S/C12H23N3O/c1-10-4-2-6-14(8-10)12(16)15-7-3-5-11(13)9-15/h10-11H,2-9,13H2,1H3. The van der Waals surface area contributed by atoms with E-state index in [2.05, 4.69) is 6.92 Å². The summed E-state index contributed by atoms with van der Waals surface area (Å²) >= 11 is 0. The molecule has 2 rings (SSSR count). The molecular weight excluding hydrogens is 202 g/mol. The first-order chi connectivity index (χ1) is 7.66. The third kappa shape index (κ3) is 2.67. The third-order valence-corrected chi connectivity index (χ3v) is 3.66. The smallest absolute Gasteiger partial charge is 0.320 e. The van der Waals surface area contributed by atoms with Crippen LogP contribution in [-0.2, 0) is 0 Å². The molecule has 2 aliphatic rings. The molecule has 0 bridgehead atoms. The zero-order valence-electron chi connectivity index (χ0n) is 10.2. The van der Waals surface area contributed by atoms with E-state index < -0.39 is 0 Å². The number of amides is 2. The Morgan fingerprint density at radius 3 is 2.38 bits per heavy atom. The van der Waals surface area contributed by atoms with E-state index in [1.807, 2.05) is 9.80 Å². The minimum absolute atomic E-state index is 0.180. The second-order valence-electron chi connectivity index (χ2n) is 5.32. The van der Waals surface area contributed by atoms with Gasteiger partial charge in [0, 0.05) is 32.2 Å². The van der Waals surface area contributed by atoms with Crippen LogP contribution in [0.3, 0.4) is 0 Å². The topological polar surface area (TPSA) is 49.6 Å². The van der Waals surface area contributed by atoms with Gasteiger partial charge >= 0.3 is 6.03 Å². The Balaban J connectivity index is 1.90. The maximum atomic E-state index is 12.2. The second kappa shape index (κ2) is 5.04. The van der Waals surface area contributed by atoms with Gasteiger partial charge < -0.3 is 15.5 Å². The van der Waals surface area contributed by atoms with Crippen LogP contribution in [0.1, 0.15) is 32.6 Å². The van der Waals surface area contributed by atoms with Crippen LogP contribution in [0.15, 0.2) is 0 Å². The lowest BCUT2D eigenvalue weighted by molar-refractivity contribution is 0.120. The van der Waals surface area contributed by atoms with Crippen molar-refractivity contribution in [2.24, 2.45) is 11.7 Å². The summed E-state index contributed by atoms with van der Waals surface area (Å²) in [7, 11) is 0. The van der Waals surface area contributed by atoms with Crippen LogP contribution < -0.4 is 5.73 Å². The number of rotatable bonds is 0. The van der Waals surface area contributed by atoms with Gasteiger partial charge in [0.1, 0.15) is 0 Å². The monoisotopic (exact) mass is 225 g/mol. The Morgan fingerprint density at radius 2 is 1.75 bits per heavy atom. The van der Waals surface area contributed by atoms with E-state index in [-0.39, 0.29) is 12.1 Å². The van der Waals surface area contributed by atoms with Crippen molar-refractivity contribution >= 4 is 6.03 Å². The number of hydrogen-bond donors (Lipinski definition) is 1. The molecule has 0 aromatic heterocycles. The predicted molar refractivity (Wildman–Crippen MR) is 64.1 cm³/mol. The van der Waals surface area contributed by atoms with Crippen molar-refractivity contribution in [3.63, 3.8) is 0 Å². The molecule has 4 nitrogen and oxygen atoms in total. The number of piperidine rings is 2. The first kappa shape index (κ1) is 11.7. The van der Waals surface area contributed by atoms with Crippen molar-refractivity contribution in [3.8, 4) is 0 Å². The Morgan fingerprint density at radius 1 is 1.12 bits per heavy atom. The number of nitrogens with zero attached hydrogens (tertiary/aromatic N) is 2. The van der Waals surface area contributed by atoms with Gasteiger partial charge in [-0.15, -0.1) is 0 Å². The summed E-state index contributed by atoms with van der Waals surface area (Å²) in [5, 5.41) is 0. The first-order valence-corrected chi connectivity index (χ1v) is 6.46. The van der Waals surface area contributed by atoms with Gasteiger partial charge in [-0.05, 0) is 31.6 Å². The molecule has 0 aliphatic carbocycles. The fourth-order valence-electron chi connectivity index (χ4n) is 2.75. The molecule has 92 valence electrons. The normalized spacial score (nSPS) is 31.6. The van der Waals surface area contributed by atoms with Gasteiger partial charge in [-0.1, -0.05) is 6.92 Å². The van der Waals surface area contributed by atoms with Gasteiger partial charge in [0.05, 0.1) is 0 Å². The van der Waals surface area contributed by atoms with Crippen molar-refractivity contribution in [3.05, 3.63) is 0 Å². The SMILES string of the molecule is CC1CCCN(C(=O)N2CCCC(N)C2)C1. The summed E-state index contributed by atoms with van der Waals surface area (Å²) in [6.45, 7) is 5.70. The van der Waals surface area contributed by atoms with E-state index in [0.717, 1.165) is 45.4 Å². The van der Waals surface area contributed by atoms with Gasteiger partial charge in [0.25, 0.3) is 0 Å². The maximum absolute atomic E-state index is 12.2. The summed E-state index contributed by atoms with van der Waals surface area (Å²) < 4.78 is 0. The van der Waals surface area contributed by atoms with Crippen molar-refractivity contribution in [1.29, 1.82) is 0 Å². The molecule has 0 spiro atoms. The quantitative estimate of drug-likeness (QED) is 0.675. The van der Waals surface area contributed by atoms with Gasteiger partial charge in [0.2, 0.25) is 0 Å². The molecule has 2 unspecified atom stereocenters. The van der Waals surface area contributed by atoms with Crippen molar-refractivity contribution in [1.82, 2.24) is 9.80 Å². The molecule has 0 radical (unpaired) electrons. The summed E-state index contributed by atoms with van der Waals surface area (Å²) in [5.41, 5.74) is 5.91. The van der Waals surface area contributed by atoms with Crippen LogP contribution in [0.2, 0.25) is 0 Å². The second-order valence-corrected chi connectivity index (χ2v) is 5.32. The molecule has 0 saturated carbocycles. The number of hydrogen-bond acceptors (Lipinski definition) is 2. The van der Waals surface area contributed by atoms with Crippen LogP contribution in [-0.4, -0.2) is 48.1 Å². The van der Waals surface area contributed by atoms with Crippen LogP contribution in [0, 0.1) is 5.92 Å². The van der Waals surface area contributed by atoms with Crippen molar-refractivity contribution < 1.29 is 4.79 Å². The molecule has 2 saturated heterocycles. The van der Waals surface area contributed by atoms with Crippen LogP contribution in [0.5, 0.6) is 0 Å². The Bertz CT molecular complexity index is 233. The molecule has 2 atom stereocenters. The molecule has 2 fully saturated rings. The zero-order chi connectivity index (χ0) is 11.5. The molecule has 2 N–H and O–H groups in total. The highest BCUT2D eigenvalue weighted by atomic mass is 16.2. The Hall–Kier alpha value is -0.770. The lowest BCUT2D eigenvalue weighted by atomic mass is 10.0. The summed E-state index contributed by atoms with van der Waals surface area (Å²) in [5.74, 6) is 0.649. The first-order valence-electron chi connectivity index (χ1n) is 6.46. The van der Waals surface area contributed by atoms with Crippen LogP contribution in [0.4, 0.5) is 4.79 Å². The highest BCUT2D eigenvalue weighted by molar-refractivity contribution is 5.74. The van der Waals surface area contributed by atoms with Gasteiger partial charge in [-0.3, -0.25) is 0 Å². The molecule has 2 amide bonds. The minimum atomic E-state index is 0.180. The lowest BCUT2D eigenvalue weighted by Gasteiger charge is -2.38. The van der Waals surface area contributed by atoms with E-state index in [9.17, 15) is 4.79 Å². The van der Waals surface area contributed by atoms with E-state index in [0.29, 0.717) is 5.92 Å². The van der Waals surface area contributed by atoms with Crippen LogP contribution in [0.25, 0.3) is 0 Å². The zero-order valence-corrected chi connectivity index (χ0v) is 10.2. The predicted octanol–water partition coefficient (Wildman–Crippen LogP) is 1.26. The third-order valence-electron chi connectivity index (χ3n) is 3.66. The number of likely N-dealkylation sites (tertiary alicyclic amines) is 2. The van der Waals surface area contributed by atoms with E-state index >= 15 is 0 Å². The number of urea groups is 1. The molecule has 0 aromatic rings. The van der Waals surface area contributed by atoms with Crippen LogP contribution >= 0.6 is 0 Å². The van der Waals surface area contributed by atoms with Gasteiger partial charge in [-0.2, -0.15) is 0 Å². The molecule has 16 heavy (non-hydrogen) atoms. The van der Waals surface area contributed by atoms with Gasteiger partial charge in [0.15, 0.2) is 0 Å². The largest absolute Gasteiger partial charge is 0.326 e. The summed E-state index contributed by atoms with van der Waals surface area (Å²) in [6.07, 6.45) is 4.51. The average molecular weight is 225 g/mol. The number of carbonyl (C=O) groups is 1. The lowest BCUT2D eigenvalue weighted by Crippen LogP contribution is -2.52. The van der Waals surface area contributed by atoms with Crippen molar-refractivity contribution in [2.75, 3.05) is 26.2 Å². The van der Waals surface area contributed by atoms with E-state index in [4.69, 9.17) is 5.73 Å². The van der Waals surface area contributed by atoms with E-state index in [1.165, 1.54) is 6.42 Å². The van der Waals surface area contributed by atoms with Crippen molar-refractivity contribution in [2.45, 2.75) is 38.6 Å². The summed E-state index contributed by atoms with van der Waals surface area (Å²) in [6, 6.07) is 0.390. The number of nitrogens with two attached hydrogens (primary N) is 1. The minimum Gasteiger partial charge on any atom is -0.326 e. The van der Waals surface area contributed by atoms with E-state index in [1.54, 1.807) is 0 Å². The average Bonchev–Trinajstić information content (AvgIpc) is 2.28. The highest BCUT2D eigenvalue weighted by Gasteiger charge is 2.27. The Kier molecular flexibility index (Phi) is 3.69. The Labute approximate surface area is 97.8 Å². The fraction of sp³-hybridized carbons (Fsp3) is 0.917. The molecular formula is C12H23N3O. The molecule has 0 aromatic carbocycles. The molecule has 2 heterocycles. The molecule has 2 aliphatic heterocycles. The summed E-state index contributed by atoms with van der Waals surface area (Å²) in [4.78, 5) is 16.2. The fourth-order valence-corrected chi connectivity index (χ4v) is 2.75.